The lowest BCUT2D eigenvalue weighted by molar-refractivity contribution is -0.686. The Labute approximate surface area is 140 Å². The van der Waals surface area contributed by atoms with Crippen molar-refractivity contribution < 1.29 is 26.5 Å². The number of esters is 1. The molecule has 3 nitrogen and oxygen atoms in total. The van der Waals surface area contributed by atoms with Gasteiger partial charge in [-0.15, -0.1) is 0 Å². The molecule has 3 atom stereocenters. The first-order chi connectivity index (χ1) is 9.95. The van der Waals surface area contributed by atoms with Gasteiger partial charge in [0, 0.05) is 11.6 Å². The number of rotatable bonds is 4. The molecule has 0 bridgehead atoms. The zero-order valence-corrected chi connectivity index (χ0v) is 14.8. The van der Waals surface area contributed by atoms with E-state index in [1.807, 2.05) is 36.0 Å². The van der Waals surface area contributed by atoms with Gasteiger partial charge in [0.1, 0.15) is 6.10 Å². The molecule has 1 aliphatic rings. The lowest BCUT2D eigenvalue weighted by Gasteiger charge is -2.36. The van der Waals surface area contributed by atoms with Crippen molar-refractivity contribution in [3.05, 3.63) is 30.1 Å². The molecule has 0 aromatic carbocycles. The average Bonchev–Trinajstić information content (AvgIpc) is 2.38. The molecule has 0 N–H and O–H groups in total. The van der Waals surface area contributed by atoms with Crippen LogP contribution in [0.3, 0.4) is 0 Å². The molecule has 3 unspecified atom stereocenters. The van der Waals surface area contributed by atoms with Crippen molar-refractivity contribution in [2.45, 2.75) is 59.6 Å². The monoisotopic (exact) mass is 325 g/mol. The van der Waals surface area contributed by atoms with Gasteiger partial charge in [-0.3, -0.25) is 0 Å². The van der Waals surface area contributed by atoms with Gasteiger partial charge in [0.25, 0.3) is 0 Å². The highest BCUT2D eigenvalue weighted by Crippen LogP contribution is 2.35. The number of halogens is 1. The summed E-state index contributed by atoms with van der Waals surface area (Å²) in [6.45, 7) is 9.05. The molecule has 1 aromatic rings. The number of hydrogen-bond donors (Lipinski definition) is 0. The van der Waals surface area contributed by atoms with Gasteiger partial charge in [0.2, 0.25) is 6.54 Å². The van der Waals surface area contributed by atoms with E-state index in [9.17, 15) is 4.79 Å². The minimum Gasteiger partial charge on any atom is -1.00 e. The molecule has 1 saturated carbocycles. The van der Waals surface area contributed by atoms with Crippen LogP contribution in [0.4, 0.5) is 0 Å². The summed E-state index contributed by atoms with van der Waals surface area (Å²) in [4.78, 5) is 12.2. The molecule has 1 fully saturated rings. The number of carbonyl (C=O) groups is 1. The van der Waals surface area contributed by atoms with E-state index in [-0.39, 0.29) is 24.5 Å². The van der Waals surface area contributed by atoms with Crippen LogP contribution >= 0.6 is 0 Å². The maximum Gasteiger partial charge on any atom is 0.372 e. The molecule has 22 heavy (non-hydrogen) atoms. The third-order valence-corrected chi connectivity index (χ3v) is 4.56. The summed E-state index contributed by atoms with van der Waals surface area (Å²) in [5.74, 6) is 1.62. The van der Waals surface area contributed by atoms with Crippen molar-refractivity contribution in [3.8, 4) is 0 Å². The van der Waals surface area contributed by atoms with E-state index in [0.717, 1.165) is 12.0 Å². The first-order valence-corrected chi connectivity index (χ1v) is 8.11. The standard InChI is InChI=1S/C18H28NO2.ClH/c1-13(2)16-8-7-14(3)10-17(16)21-18(20)12-19-9-5-6-15(4)11-19;/h5-6,9,11,13-14,16-17H,7-8,10,12H2,1-4H3;1H/q+1;/p-1. The fourth-order valence-corrected chi connectivity index (χ4v) is 3.36. The van der Waals surface area contributed by atoms with Crippen LogP contribution in [0.15, 0.2) is 24.5 Å². The Balaban J connectivity index is 0.00000242. The van der Waals surface area contributed by atoms with Gasteiger partial charge in [-0.2, -0.15) is 4.57 Å². The van der Waals surface area contributed by atoms with Gasteiger partial charge >= 0.3 is 5.97 Å². The predicted octanol–water partition coefficient (Wildman–Crippen LogP) is 0.291. The zero-order chi connectivity index (χ0) is 15.4. The number of hydrogen-bond acceptors (Lipinski definition) is 2. The lowest BCUT2D eigenvalue weighted by atomic mass is 9.75. The second-order valence-corrected chi connectivity index (χ2v) is 6.91. The highest BCUT2D eigenvalue weighted by molar-refractivity contribution is 5.67. The van der Waals surface area contributed by atoms with Crippen LogP contribution in [-0.2, 0) is 16.1 Å². The lowest BCUT2D eigenvalue weighted by Crippen LogP contribution is -3.00. The number of nitrogens with zero attached hydrogens (tertiary/aromatic N) is 1. The molecule has 2 rings (SSSR count). The van der Waals surface area contributed by atoms with Crippen LogP contribution < -0.4 is 17.0 Å². The number of ether oxygens (including phenoxy) is 1. The molecule has 124 valence electrons. The van der Waals surface area contributed by atoms with Crippen LogP contribution in [-0.4, -0.2) is 12.1 Å². The second-order valence-electron chi connectivity index (χ2n) is 6.91. The van der Waals surface area contributed by atoms with Gasteiger partial charge < -0.3 is 17.1 Å². The second kappa shape index (κ2) is 8.52. The number of aryl methyl sites for hydroxylation is 1. The van der Waals surface area contributed by atoms with E-state index in [4.69, 9.17) is 4.74 Å². The smallest absolute Gasteiger partial charge is 0.372 e. The van der Waals surface area contributed by atoms with Crippen LogP contribution in [0.5, 0.6) is 0 Å². The van der Waals surface area contributed by atoms with Gasteiger partial charge in [0.15, 0.2) is 12.4 Å². The Hall–Kier alpha value is -1.09. The number of aromatic nitrogens is 1. The van der Waals surface area contributed by atoms with Crippen molar-refractivity contribution in [3.63, 3.8) is 0 Å². The number of pyridine rings is 1. The summed E-state index contributed by atoms with van der Waals surface area (Å²) in [7, 11) is 0. The molecule has 0 saturated heterocycles. The maximum absolute atomic E-state index is 12.2. The van der Waals surface area contributed by atoms with Gasteiger partial charge in [-0.05, 0) is 43.6 Å². The van der Waals surface area contributed by atoms with Gasteiger partial charge in [-0.25, -0.2) is 4.79 Å². The van der Waals surface area contributed by atoms with Gasteiger partial charge in [0.05, 0.1) is 0 Å². The zero-order valence-electron chi connectivity index (χ0n) is 14.1. The fourth-order valence-electron chi connectivity index (χ4n) is 3.36. The molecule has 0 radical (unpaired) electrons. The third kappa shape index (κ3) is 5.28. The van der Waals surface area contributed by atoms with E-state index in [1.165, 1.54) is 12.8 Å². The van der Waals surface area contributed by atoms with Crippen LogP contribution in [0.1, 0.15) is 45.6 Å². The Morgan fingerprint density at radius 3 is 2.77 bits per heavy atom. The topological polar surface area (TPSA) is 30.2 Å². The first-order valence-electron chi connectivity index (χ1n) is 8.11. The van der Waals surface area contributed by atoms with Crippen molar-refractivity contribution in [2.24, 2.45) is 17.8 Å². The Bertz CT molecular complexity index is 490. The van der Waals surface area contributed by atoms with Gasteiger partial charge in [-0.1, -0.05) is 27.2 Å². The average molecular weight is 326 g/mol. The Morgan fingerprint density at radius 2 is 2.14 bits per heavy atom. The Kier molecular flexibility index (Phi) is 7.34. The molecular weight excluding hydrogens is 298 g/mol. The molecular formula is C18H28ClNO2. The number of carbonyl (C=O) groups excluding carboxylic acids is 1. The normalized spacial score (nSPS) is 24.7. The molecule has 1 aliphatic carbocycles. The Morgan fingerprint density at radius 1 is 1.41 bits per heavy atom. The van der Waals surface area contributed by atoms with Crippen LogP contribution in [0, 0.1) is 24.7 Å². The van der Waals surface area contributed by atoms with E-state index in [0.29, 0.717) is 24.3 Å². The summed E-state index contributed by atoms with van der Waals surface area (Å²) in [5, 5.41) is 0. The summed E-state index contributed by atoms with van der Waals surface area (Å²) in [6.07, 6.45) is 7.42. The minimum absolute atomic E-state index is 0. The summed E-state index contributed by atoms with van der Waals surface area (Å²) >= 11 is 0. The van der Waals surface area contributed by atoms with Crippen molar-refractivity contribution in [1.29, 1.82) is 0 Å². The first kappa shape index (κ1) is 19.0. The van der Waals surface area contributed by atoms with E-state index < -0.39 is 0 Å². The van der Waals surface area contributed by atoms with Crippen molar-refractivity contribution in [1.82, 2.24) is 0 Å². The summed E-state index contributed by atoms with van der Waals surface area (Å²) < 4.78 is 7.72. The SMILES string of the molecule is Cc1ccc[n+](CC(=O)OC2CC(C)CCC2C(C)C)c1.[Cl-]. The van der Waals surface area contributed by atoms with Crippen molar-refractivity contribution in [2.75, 3.05) is 0 Å². The molecule has 0 aliphatic heterocycles. The molecule has 1 aromatic heterocycles. The highest BCUT2D eigenvalue weighted by Gasteiger charge is 2.33. The van der Waals surface area contributed by atoms with E-state index in [1.54, 1.807) is 0 Å². The highest BCUT2D eigenvalue weighted by atomic mass is 35.5. The maximum atomic E-state index is 12.2. The fraction of sp³-hybridized carbons (Fsp3) is 0.667. The summed E-state index contributed by atoms with van der Waals surface area (Å²) in [5.41, 5.74) is 1.15. The van der Waals surface area contributed by atoms with E-state index in [2.05, 4.69) is 20.8 Å². The third-order valence-electron chi connectivity index (χ3n) is 4.56. The molecule has 1 heterocycles. The molecule has 0 amide bonds. The predicted molar refractivity (Wildman–Crippen MR) is 82.6 cm³/mol. The van der Waals surface area contributed by atoms with Crippen molar-refractivity contribution >= 4 is 5.97 Å². The quantitative estimate of drug-likeness (QED) is 0.588. The van der Waals surface area contributed by atoms with Crippen LogP contribution in [0.2, 0.25) is 0 Å². The molecule has 4 heteroatoms. The largest absolute Gasteiger partial charge is 1.00 e. The molecule has 0 spiro atoms. The minimum atomic E-state index is -0.115. The van der Waals surface area contributed by atoms with Crippen LogP contribution in [0.25, 0.3) is 0 Å². The summed E-state index contributed by atoms with van der Waals surface area (Å²) in [6, 6.07) is 3.99. The van der Waals surface area contributed by atoms with E-state index >= 15 is 0 Å².